The molecule has 1 aliphatic heterocycles. The number of rotatable bonds is 7. The molecule has 1 aliphatic rings. The first-order chi connectivity index (χ1) is 17.8. The van der Waals surface area contributed by atoms with Crippen LogP contribution in [0, 0.1) is 0 Å². The number of carboxylic acids is 1. The minimum atomic E-state index is -3.69. The molecule has 0 radical (unpaired) electrons. The Kier molecular flexibility index (Phi) is 7.73. The van der Waals surface area contributed by atoms with Crippen molar-refractivity contribution in [3.05, 3.63) is 83.9 Å². The van der Waals surface area contributed by atoms with Crippen LogP contribution in [0.25, 0.3) is 11.1 Å². The standard InChI is InChI=1S/C31H37NO5S/c1-30(2,3)26-16-14-22(15-17-26)24-10-7-13-28(20-24)38(35,36)32-18-8-11-25(21-32)23-9-6-12-27(19-23)37-31(4,5)29(33)34/h6-7,9-10,12-17,19-20,25H,8,11,18,21H2,1-5H3,(H,33,34). The number of nitrogens with zero attached hydrogens (tertiary/aromatic N) is 1. The van der Waals surface area contributed by atoms with E-state index >= 15 is 0 Å². The fourth-order valence-electron chi connectivity index (χ4n) is 4.75. The van der Waals surface area contributed by atoms with Gasteiger partial charge >= 0.3 is 5.97 Å². The van der Waals surface area contributed by atoms with E-state index in [4.69, 9.17) is 4.74 Å². The van der Waals surface area contributed by atoms with Crippen LogP contribution < -0.4 is 4.74 Å². The first-order valence-corrected chi connectivity index (χ1v) is 14.4. The van der Waals surface area contributed by atoms with Crippen LogP contribution in [0.2, 0.25) is 0 Å². The summed E-state index contributed by atoms with van der Waals surface area (Å²) in [4.78, 5) is 11.8. The van der Waals surface area contributed by atoms with E-state index in [-0.39, 0.29) is 16.2 Å². The summed E-state index contributed by atoms with van der Waals surface area (Å²) in [6.45, 7) is 10.3. The number of carbonyl (C=O) groups is 1. The Morgan fingerprint density at radius 3 is 2.26 bits per heavy atom. The van der Waals surface area contributed by atoms with Crippen molar-refractivity contribution in [2.24, 2.45) is 0 Å². The lowest BCUT2D eigenvalue weighted by Gasteiger charge is -2.32. The van der Waals surface area contributed by atoms with Gasteiger partial charge in [-0.25, -0.2) is 13.2 Å². The number of hydrogen-bond donors (Lipinski definition) is 1. The van der Waals surface area contributed by atoms with Gasteiger partial charge in [0.25, 0.3) is 0 Å². The van der Waals surface area contributed by atoms with Gasteiger partial charge in [0.2, 0.25) is 10.0 Å². The first-order valence-electron chi connectivity index (χ1n) is 13.0. The predicted octanol–water partition coefficient (Wildman–Crippen LogP) is 6.46. The quantitative estimate of drug-likeness (QED) is 0.375. The number of sulfonamides is 1. The lowest BCUT2D eigenvalue weighted by molar-refractivity contribution is -0.152. The highest BCUT2D eigenvalue weighted by Crippen LogP contribution is 2.34. The van der Waals surface area contributed by atoms with E-state index < -0.39 is 21.6 Å². The van der Waals surface area contributed by atoms with Crippen molar-refractivity contribution in [3.8, 4) is 16.9 Å². The molecule has 4 rings (SSSR count). The summed E-state index contributed by atoms with van der Waals surface area (Å²) >= 11 is 0. The third-order valence-corrected chi connectivity index (χ3v) is 9.02. The molecule has 1 N–H and O–H groups in total. The highest BCUT2D eigenvalue weighted by Gasteiger charge is 2.32. The van der Waals surface area contributed by atoms with Crippen molar-refractivity contribution in [2.75, 3.05) is 13.1 Å². The molecule has 1 heterocycles. The maximum Gasteiger partial charge on any atom is 0.347 e. The molecule has 1 atom stereocenters. The zero-order chi connectivity index (χ0) is 27.7. The van der Waals surface area contributed by atoms with Crippen LogP contribution in [0.1, 0.15) is 64.5 Å². The molecule has 0 bridgehead atoms. The number of piperidine rings is 1. The predicted molar refractivity (Wildman–Crippen MR) is 150 cm³/mol. The topological polar surface area (TPSA) is 83.9 Å². The van der Waals surface area contributed by atoms with Gasteiger partial charge in [0, 0.05) is 13.1 Å². The van der Waals surface area contributed by atoms with Crippen LogP contribution >= 0.6 is 0 Å². The summed E-state index contributed by atoms with van der Waals surface area (Å²) < 4.78 is 34.7. The Morgan fingerprint density at radius 1 is 0.921 bits per heavy atom. The van der Waals surface area contributed by atoms with Crippen molar-refractivity contribution in [3.63, 3.8) is 0 Å². The molecule has 3 aromatic carbocycles. The summed E-state index contributed by atoms with van der Waals surface area (Å²) in [6, 6.07) is 22.8. The molecule has 0 aliphatic carbocycles. The zero-order valence-electron chi connectivity index (χ0n) is 22.8. The van der Waals surface area contributed by atoms with E-state index in [1.807, 2.05) is 36.4 Å². The van der Waals surface area contributed by atoms with Crippen molar-refractivity contribution < 1.29 is 23.1 Å². The highest BCUT2D eigenvalue weighted by atomic mass is 32.2. The Balaban J connectivity index is 1.55. The Bertz CT molecular complexity index is 1400. The summed E-state index contributed by atoms with van der Waals surface area (Å²) in [5.41, 5.74) is 2.70. The number of carboxylic acid groups (broad SMARTS) is 1. The lowest BCUT2D eigenvalue weighted by atomic mass is 9.86. The average molecular weight is 536 g/mol. The minimum absolute atomic E-state index is 0.0110. The van der Waals surface area contributed by atoms with E-state index in [0.717, 1.165) is 29.5 Å². The van der Waals surface area contributed by atoms with Gasteiger partial charge in [0.15, 0.2) is 5.60 Å². The highest BCUT2D eigenvalue weighted by molar-refractivity contribution is 7.89. The molecule has 1 saturated heterocycles. The van der Waals surface area contributed by atoms with Gasteiger partial charge in [-0.05, 0) is 84.5 Å². The summed E-state index contributed by atoms with van der Waals surface area (Å²) in [5, 5.41) is 9.39. The Hall–Kier alpha value is -3.16. The van der Waals surface area contributed by atoms with Crippen LogP contribution in [-0.4, -0.2) is 42.5 Å². The number of ether oxygens (including phenoxy) is 1. The summed E-state index contributed by atoms with van der Waals surface area (Å²) in [7, 11) is -3.69. The molecule has 1 fully saturated rings. The smallest absolute Gasteiger partial charge is 0.347 e. The van der Waals surface area contributed by atoms with Gasteiger partial charge in [-0.15, -0.1) is 0 Å². The normalized spacial score (nSPS) is 17.2. The second-order valence-corrected chi connectivity index (χ2v) is 13.5. The zero-order valence-corrected chi connectivity index (χ0v) is 23.6. The molecule has 3 aromatic rings. The van der Waals surface area contributed by atoms with E-state index in [0.29, 0.717) is 18.8 Å². The van der Waals surface area contributed by atoms with Crippen molar-refractivity contribution in [2.45, 2.75) is 69.3 Å². The van der Waals surface area contributed by atoms with Crippen molar-refractivity contribution in [1.82, 2.24) is 4.31 Å². The van der Waals surface area contributed by atoms with E-state index in [1.165, 1.54) is 19.4 Å². The maximum atomic E-state index is 13.7. The largest absolute Gasteiger partial charge is 0.478 e. The van der Waals surface area contributed by atoms with Crippen LogP contribution in [0.15, 0.2) is 77.7 Å². The van der Waals surface area contributed by atoms with Crippen molar-refractivity contribution in [1.29, 1.82) is 0 Å². The minimum Gasteiger partial charge on any atom is -0.478 e. The van der Waals surface area contributed by atoms with E-state index in [9.17, 15) is 18.3 Å². The first kappa shape index (κ1) is 27.9. The van der Waals surface area contributed by atoms with Gasteiger partial charge < -0.3 is 9.84 Å². The maximum absolute atomic E-state index is 13.7. The summed E-state index contributed by atoms with van der Waals surface area (Å²) in [5.74, 6) is -0.603. The van der Waals surface area contributed by atoms with Gasteiger partial charge in [-0.2, -0.15) is 4.31 Å². The molecular formula is C31H37NO5S. The van der Waals surface area contributed by atoms with Crippen LogP contribution in [0.5, 0.6) is 5.75 Å². The second-order valence-electron chi connectivity index (χ2n) is 11.5. The van der Waals surface area contributed by atoms with Crippen LogP contribution in [0.4, 0.5) is 0 Å². The molecule has 7 heteroatoms. The fraction of sp³-hybridized carbons (Fsp3) is 0.387. The SMILES string of the molecule is CC(C)(Oc1cccc(C2CCCN(S(=O)(=O)c3cccc(-c4ccc(C(C)(C)C)cc4)c3)C2)c1)C(=O)O. The molecule has 6 nitrogen and oxygen atoms in total. The third-order valence-electron chi connectivity index (χ3n) is 7.16. The van der Waals surface area contributed by atoms with Crippen LogP contribution in [0.3, 0.4) is 0 Å². The summed E-state index contributed by atoms with van der Waals surface area (Å²) in [6.07, 6.45) is 1.58. The Labute approximate surface area is 226 Å². The van der Waals surface area contributed by atoms with Crippen LogP contribution in [-0.2, 0) is 20.2 Å². The van der Waals surface area contributed by atoms with Gasteiger partial charge in [0.05, 0.1) is 4.90 Å². The second kappa shape index (κ2) is 10.5. The molecule has 0 aromatic heterocycles. The monoisotopic (exact) mass is 535 g/mol. The molecule has 0 saturated carbocycles. The average Bonchev–Trinajstić information content (AvgIpc) is 2.88. The molecule has 1 unspecified atom stereocenters. The molecular weight excluding hydrogens is 498 g/mol. The molecule has 38 heavy (non-hydrogen) atoms. The van der Waals surface area contributed by atoms with E-state index in [1.54, 1.807) is 28.6 Å². The van der Waals surface area contributed by atoms with Gasteiger partial charge in [0.1, 0.15) is 5.75 Å². The Morgan fingerprint density at radius 2 is 1.61 bits per heavy atom. The molecule has 202 valence electrons. The number of aliphatic carboxylic acids is 1. The van der Waals surface area contributed by atoms with Gasteiger partial charge in [-0.1, -0.05) is 69.3 Å². The van der Waals surface area contributed by atoms with Gasteiger partial charge in [-0.3, -0.25) is 0 Å². The number of hydrogen-bond acceptors (Lipinski definition) is 4. The number of benzene rings is 3. The van der Waals surface area contributed by atoms with E-state index in [2.05, 4.69) is 32.9 Å². The molecule has 0 amide bonds. The lowest BCUT2D eigenvalue weighted by Crippen LogP contribution is -2.39. The fourth-order valence-corrected chi connectivity index (χ4v) is 6.32. The third kappa shape index (κ3) is 6.11. The molecule has 0 spiro atoms. The van der Waals surface area contributed by atoms with Crippen molar-refractivity contribution >= 4 is 16.0 Å².